The topological polar surface area (TPSA) is 35.1 Å². The van der Waals surface area contributed by atoms with Crippen LogP contribution in [-0.2, 0) is 6.42 Å². The first-order valence-corrected chi connectivity index (χ1v) is 8.14. The summed E-state index contributed by atoms with van der Waals surface area (Å²) in [6.07, 6.45) is 7.60. The number of fused-ring (bicyclic) bond motifs is 2. The number of allylic oxidation sites excluding steroid dienone is 1. The van der Waals surface area contributed by atoms with Crippen molar-refractivity contribution in [3.05, 3.63) is 71.3 Å². The monoisotopic (exact) mass is 336 g/mol. The number of aryl methyl sites for hydroxylation is 1. The fourth-order valence-corrected chi connectivity index (χ4v) is 3.61. The molecule has 0 spiro atoms. The molecular weight excluding hydrogens is 322 g/mol. The Labute approximate surface area is 142 Å². The van der Waals surface area contributed by atoms with Gasteiger partial charge in [0.1, 0.15) is 22.9 Å². The van der Waals surface area contributed by atoms with Gasteiger partial charge in [-0.25, -0.2) is 18.5 Å². The van der Waals surface area contributed by atoms with Gasteiger partial charge in [0.15, 0.2) is 11.6 Å². The summed E-state index contributed by atoms with van der Waals surface area (Å²) >= 11 is 0. The largest absolute Gasteiger partial charge is 0.305 e. The van der Waals surface area contributed by atoms with E-state index in [2.05, 4.69) is 26.8 Å². The third kappa shape index (κ3) is 1.97. The Morgan fingerprint density at radius 1 is 1.12 bits per heavy atom. The maximum atomic E-state index is 14.1. The summed E-state index contributed by atoms with van der Waals surface area (Å²) in [6.45, 7) is 1.92. The summed E-state index contributed by atoms with van der Waals surface area (Å²) in [5.41, 5.74) is 4.37. The zero-order chi connectivity index (χ0) is 17.1. The van der Waals surface area contributed by atoms with Gasteiger partial charge < -0.3 is 4.57 Å². The highest BCUT2D eigenvalue weighted by atomic mass is 19.1. The van der Waals surface area contributed by atoms with Gasteiger partial charge in [-0.1, -0.05) is 12.1 Å². The van der Waals surface area contributed by atoms with Gasteiger partial charge in [0.05, 0.1) is 11.9 Å². The molecular formula is C19H14F2N4. The highest BCUT2D eigenvalue weighted by Crippen LogP contribution is 2.39. The summed E-state index contributed by atoms with van der Waals surface area (Å²) in [6, 6.07) is 5.89. The van der Waals surface area contributed by atoms with E-state index in [-0.39, 0.29) is 5.69 Å². The molecule has 0 amide bonds. The van der Waals surface area contributed by atoms with E-state index in [1.165, 1.54) is 28.4 Å². The SMILES string of the molecule is CC1=Nc2cn(-c3c(F)cccc3F)nc2C2=CCCc3ccn1c32. The van der Waals surface area contributed by atoms with Crippen molar-refractivity contribution >= 4 is 17.1 Å². The number of nitrogens with zero attached hydrogens (tertiary/aromatic N) is 4. The van der Waals surface area contributed by atoms with E-state index in [1.807, 2.05) is 13.1 Å². The van der Waals surface area contributed by atoms with Crippen LogP contribution in [-0.4, -0.2) is 20.2 Å². The lowest BCUT2D eigenvalue weighted by Gasteiger charge is -2.15. The van der Waals surface area contributed by atoms with Gasteiger partial charge in [-0.05, 0) is 43.5 Å². The Kier molecular flexibility index (Phi) is 2.86. The fourth-order valence-electron chi connectivity index (χ4n) is 3.61. The van der Waals surface area contributed by atoms with Crippen LogP contribution < -0.4 is 0 Å². The molecule has 25 heavy (non-hydrogen) atoms. The molecule has 5 rings (SSSR count). The second-order valence-corrected chi connectivity index (χ2v) is 6.25. The summed E-state index contributed by atoms with van der Waals surface area (Å²) in [7, 11) is 0. The van der Waals surface area contributed by atoms with Gasteiger partial charge >= 0.3 is 0 Å². The van der Waals surface area contributed by atoms with E-state index in [0.29, 0.717) is 11.4 Å². The van der Waals surface area contributed by atoms with E-state index < -0.39 is 11.6 Å². The van der Waals surface area contributed by atoms with Crippen LogP contribution in [0, 0.1) is 11.6 Å². The van der Waals surface area contributed by atoms with Crippen molar-refractivity contribution in [1.82, 2.24) is 14.3 Å². The molecule has 0 saturated carbocycles. The molecule has 0 saturated heterocycles. The molecule has 0 radical (unpaired) electrons. The molecule has 6 heteroatoms. The van der Waals surface area contributed by atoms with E-state index in [0.717, 1.165) is 29.9 Å². The minimum atomic E-state index is -0.653. The minimum absolute atomic E-state index is 0.185. The number of hydrogen-bond acceptors (Lipinski definition) is 2. The summed E-state index contributed by atoms with van der Waals surface area (Å²) in [5.74, 6) is -0.499. The van der Waals surface area contributed by atoms with Crippen molar-refractivity contribution in [3.8, 4) is 5.69 Å². The van der Waals surface area contributed by atoms with Gasteiger partial charge in [0, 0.05) is 11.8 Å². The first-order valence-electron chi connectivity index (χ1n) is 8.14. The summed E-state index contributed by atoms with van der Waals surface area (Å²) < 4.78 is 31.6. The predicted octanol–water partition coefficient (Wildman–Crippen LogP) is 4.24. The van der Waals surface area contributed by atoms with Crippen molar-refractivity contribution in [2.24, 2.45) is 4.99 Å². The zero-order valence-corrected chi connectivity index (χ0v) is 13.5. The normalized spacial score (nSPS) is 15.2. The molecule has 3 heterocycles. The number of benzene rings is 1. The number of para-hydroxylation sites is 1. The Morgan fingerprint density at radius 2 is 1.92 bits per heavy atom. The van der Waals surface area contributed by atoms with Crippen molar-refractivity contribution in [3.63, 3.8) is 0 Å². The Bertz CT molecular complexity index is 1060. The lowest BCUT2D eigenvalue weighted by Crippen LogP contribution is -2.11. The number of aromatic nitrogens is 3. The van der Waals surface area contributed by atoms with E-state index in [4.69, 9.17) is 0 Å². The molecule has 2 aliphatic rings. The molecule has 0 N–H and O–H groups in total. The first-order chi connectivity index (χ1) is 12.1. The Balaban J connectivity index is 1.77. The Morgan fingerprint density at radius 3 is 2.72 bits per heavy atom. The van der Waals surface area contributed by atoms with E-state index in [1.54, 1.807) is 6.20 Å². The molecule has 2 aromatic heterocycles. The molecule has 0 fully saturated rings. The molecule has 1 aliphatic carbocycles. The maximum absolute atomic E-state index is 14.1. The van der Waals surface area contributed by atoms with Crippen molar-refractivity contribution in [2.45, 2.75) is 19.8 Å². The molecule has 1 aromatic carbocycles. The molecule has 0 bridgehead atoms. The van der Waals surface area contributed by atoms with Gasteiger partial charge in [0.25, 0.3) is 0 Å². The molecule has 0 unspecified atom stereocenters. The van der Waals surface area contributed by atoms with Gasteiger partial charge in [-0.2, -0.15) is 5.10 Å². The number of hydrogen-bond donors (Lipinski definition) is 0. The van der Waals surface area contributed by atoms with Gasteiger partial charge in [-0.15, -0.1) is 0 Å². The van der Waals surface area contributed by atoms with Crippen LogP contribution in [0.2, 0.25) is 0 Å². The number of rotatable bonds is 1. The van der Waals surface area contributed by atoms with Crippen molar-refractivity contribution < 1.29 is 8.78 Å². The van der Waals surface area contributed by atoms with Crippen LogP contribution in [0.4, 0.5) is 14.5 Å². The lowest BCUT2D eigenvalue weighted by atomic mass is 9.95. The standard InChI is InChI=1S/C19H14F2N4/c1-11-22-16-10-25(19-14(20)6-3-7-15(19)21)23-17(16)13-5-2-4-12-8-9-24(11)18(12)13/h3,5-10H,2,4H2,1H3. The highest BCUT2D eigenvalue weighted by molar-refractivity contribution is 5.96. The number of aliphatic imine (C=N–C) groups is 1. The van der Waals surface area contributed by atoms with Crippen LogP contribution in [0.3, 0.4) is 0 Å². The smallest absolute Gasteiger partial charge is 0.151 e. The average molecular weight is 336 g/mol. The molecule has 4 nitrogen and oxygen atoms in total. The third-order valence-electron chi connectivity index (χ3n) is 4.73. The second kappa shape index (κ2) is 4.99. The van der Waals surface area contributed by atoms with Crippen molar-refractivity contribution in [1.29, 1.82) is 0 Å². The maximum Gasteiger partial charge on any atom is 0.151 e. The van der Waals surface area contributed by atoms with Crippen LogP contribution >= 0.6 is 0 Å². The van der Waals surface area contributed by atoms with Gasteiger partial charge in [0.2, 0.25) is 0 Å². The third-order valence-corrected chi connectivity index (χ3v) is 4.73. The summed E-state index contributed by atoms with van der Waals surface area (Å²) in [4.78, 5) is 4.64. The minimum Gasteiger partial charge on any atom is -0.305 e. The van der Waals surface area contributed by atoms with Gasteiger partial charge in [-0.3, -0.25) is 0 Å². The first kappa shape index (κ1) is 14.3. The highest BCUT2D eigenvalue weighted by Gasteiger charge is 2.27. The lowest BCUT2D eigenvalue weighted by molar-refractivity contribution is 0.560. The Hall–Kier alpha value is -3.02. The van der Waals surface area contributed by atoms with Crippen LogP contribution in [0.5, 0.6) is 0 Å². The van der Waals surface area contributed by atoms with Crippen LogP contribution in [0.1, 0.15) is 30.3 Å². The van der Waals surface area contributed by atoms with Crippen molar-refractivity contribution in [2.75, 3.05) is 0 Å². The van der Waals surface area contributed by atoms with Crippen LogP contribution in [0.15, 0.2) is 47.7 Å². The predicted molar refractivity (Wildman–Crippen MR) is 91.5 cm³/mol. The van der Waals surface area contributed by atoms with E-state index >= 15 is 0 Å². The summed E-state index contributed by atoms with van der Waals surface area (Å²) in [5, 5.41) is 4.49. The average Bonchev–Trinajstić information content (AvgIpc) is 3.16. The zero-order valence-electron chi connectivity index (χ0n) is 13.5. The quantitative estimate of drug-likeness (QED) is 0.654. The molecule has 0 atom stereocenters. The van der Waals surface area contributed by atoms with E-state index in [9.17, 15) is 8.78 Å². The van der Waals surface area contributed by atoms with Crippen LogP contribution in [0.25, 0.3) is 11.3 Å². The molecule has 1 aliphatic heterocycles. The number of halogens is 2. The fraction of sp³-hybridized carbons (Fsp3) is 0.158. The molecule has 3 aromatic rings. The second-order valence-electron chi connectivity index (χ2n) is 6.25. The molecule has 124 valence electrons.